The van der Waals surface area contributed by atoms with Crippen LogP contribution in [-0.4, -0.2) is 33.6 Å². The zero-order valence-corrected chi connectivity index (χ0v) is 14.0. The molecule has 0 spiro atoms. The number of anilines is 1. The monoisotopic (exact) mass is 321 g/mol. The van der Waals surface area contributed by atoms with E-state index in [0.717, 1.165) is 55.2 Å². The van der Waals surface area contributed by atoms with Crippen LogP contribution in [0.1, 0.15) is 45.2 Å². The molecule has 1 N–H and O–H groups in total. The van der Waals surface area contributed by atoms with Crippen LogP contribution < -0.4 is 4.90 Å². The zero-order valence-electron chi connectivity index (χ0n) is 13.2. The van der Waals surface area contributed by atoms with E-state index in [1.165, 1.54) is 6.08 Å². The van der Waals surface area contributed by atoms with Crippen molar-refractivity contribution in [1.29, 1.82) is 0 Å². The molecule has 2 aromatic heterocycles. The molecule has 2 heterocycles. The third-order valence-electron chi connectivity index (χ3n) is 3.53. The van der Waals surface area contributed by atoms with Crippen molar-refractivity contribution in [2.75, 3.05) is 18.0 Å². The number of carboxylic acid groups (broad SMARTS) is 1. The molecule has 2 aromatic rings. The predicted octanol–water partition coefficient (Wildman–Crippen LogP) is 3.90. The molecule has 22 heavy (non-hydrogen) atoms. The van der Waals surface area contributed by atoms with Crippen LogP contribution in [0, 0.1) is 0 Å². The van der Waals surface area contributed by atoms with Crippen LogP contribution in [0.25, 0.3) is 11.0 Å². The van der Waals surface area contributed by atoms with Crippen molar-refractivity contribution in [1.82, 2.24) is 9.38 Å². The number of imidazole rings is 1. The van der Waals surface area contributed by atoms with Crippen molar-refractivity contribution in [3.05, 3.63) is 23.3 Å². The third kappa shape index (κ3) is 3.88. The van der Waals surface area contributed by atoms with Gasteiger partial charge in [0.25, 0.3) is 0 Å². The summed E-state index contributed by atoms with van der Waals surface area (Å²) in [6, 6.07) is 0. The second-order valence-corrected chi connectivity index (χ2v) is 6.11. The van der Waals surface area contributed by atoms with Gasteiger partial charge in [0.1, 0.15) is 0 Å². The molecule has 0 unspecified atom stereocenters. The maximum atomic E-state index is 10.9. The van der Waals surface area contributed by atoms with Crippen molar-refractivity contribution in [2.45, 2.75) is 39.5 Å². The Hall–Kier alpha value is -1.82. The summed E-state index contributed by atoms with van der Waals surface area (Å²) >= 11 is 1.57. The van der Waals surface area contributed by atoms with Gasteiger partial charge >= 0.3 is 5.97 Å². The summed E-state index contributed by atoms with van der Waals surface area (Å²) in [6.45, 7) is 6.26. The molecule has 0 atom stereocenters. The fraction of sp³-hybridized carbons (Fsp3) is 0.500. The first-order valence-corrected chi connectivity index (χ1v) is 8.66. The van der Waals surface area contributed by atoms with Gasteiger partial charge in [0, 0.05) is 30.7 Å². The molecule has 0 bridgehead atoms. The first-order chi connectivity index (χ1) is 10.7. The van der Waals surface area contributed by atoms with Crippen LogP contribution in [0.4, 0.5) is 5.82 Å². The average Bonchev–Trinajstić information content (AvgIpc) is 3.06. The van der Waals surface area contributed by atoms with Crippen LogP contribution in [0.5, 0.6) is 0 Å². The number of fused-ring (bicyclic) bond motifs is 1. The van der Waals surface area contributed by atoms with Crippen molar-refractivity contribution < 1.29 is 9.90 Å². The molecule has 0 aliphatic heterocycles. The van der Waals surface area contributed by atoms with Gasteiger partial charge in [0.2, 0.25) is 0 Å². The molecule has 0 amide bonds. The lowest BCUT2D eigenvalue weighted by atomic mass is 10.2. The Morgan fingerprint density at radius 1 is 1.36 bits per heavy atom. The number of aromatic nitrogens is 2. The van der Waals surface area contributed by atoms with Gasteiger partial charge in [0.05, 0.1) is 5.69 Å². The molecule has 0 saturated carbocycles. The number of unbranched alkanes of at least 4 members (excludes halogenated alkanes) is 2. The molecular formula is C16H23N3O2S. The topological polar surface area (TPSA) is 57.8 Å². The molecule has 0 radical (unpaired) electrons. The predicted molar refractivity (Wildman–Crippen MR) is 91.8 cm³/mol. The molecular weight excluding hydrogens is 298 g/mol. The Bertz CT molecular complexity index is 637. The summed E-state index contributed by atoms with van der Waals surface area (Å²) in [5, 5.41) is 10.9. The Balaban J connectivity index is 2.38. The zero-order chi connectivity index (χ0) is 15.9. The van der Waals surface area contributed by atoms with Crippen molar-refractivity contribution in [2.24, 2.45) is 0 Å². The number of nitrogens with zero attached hydrogens (tertiary/aromatic N) is 3. The highest BCUT2D eigenvalue weighted by Gasteiger charge is 2.17. The van der Waals surface area contributed by atoms with E-state index in [0.29, 0.717) is 0 Å². The summed E-state index contributed by atoms with van der Waals surface area (Å²) in [4.78, 5) is 18.8. The Morgan fingerprint density at radius 3 is 2.64 bits per heavy atom. The van der Waals surface area contributed by atoms with Crippen molar-refractivity contribution >= 4 is 34.2 Å². The lowest BCUT2D eigenvalue weighted by molar-refractivity contribution is -0.131. The minimum absolute atomic E-state index is 0.853. The highest BCUT2D eigenvalue weighted by atomic mass is 32.1. The van der Waals surface area contributed by atoms with E-state index in [-0.39, 0.29) is 0 Å². The fourth-order valence-corrected chi connectivity index (χ4v) is 3.07. The fourth-order valence-electron chi connectivity index (χ4n) is 2.35. The standard InChI is InChI=1S/C16H23N3O2S/c1-3-5-9-18(10-6-4-2)15-13(7-8-14(20)21)19-11-12-22-16(19)17-15/h7-8,11-12H,3-6,9-10H2,1-2H3,(H,20,21). The SMILES string of the molecule is CCCCN(CCCC)c1nc2sccn2c1C=CC(=O)O. The highest BCUT2D eigenvalue weighted by Crippen LogP contribution is 2.26. The molecule has 0 aromatic carbocycles. The second kappa shape index (κ2) is 7.98. The Kier molecular flexibility index (Phi) is 6.00. The van der Waals surface area contributed by atoms with Gasteiger partial charge in [-0.1, -0.05) is 26.7 Å². The van der Waals surface area contributed by atoms with Gasteiger partial charge in [-0.2, -0.15) is 0 Å². The van der Waals surface area contributed by atoms with Crippen LogP contribution in [-0.2, 0) is 4.79 Å². The van der Waals surface area contributed by atoms with Crippen molar-refractivity contribution in [3.8, 4) is 0 Å². The number of carboxylic acids is 1. The maximum Gasteiger partial charge on any atom is 0.328 e. The van der Waals surface area contributed by atoms with E-state index < -0.39 is 5.97 Å². The average molecular weight is 321 g/mol. The number of hydrogen-bond donors (Lipinski definition) is 1. The molecule has 2 rings (SSSR count). The normalized spacial score (nSPS) is 11.5. The molecule has 0 saturated heterocycles. The Labute approximate surface area is 134 Å². The highest BCUT2D eigenvalue weighted by molar-refractivity contribution is 7.15. The lowest BCUT2D eigenvalue weighted by Gasteiger charge is -2.23. The minimum atomic E-state index is -0.940. The molecule has 0 aliphatic carbocycles. The second-order valence-electron chi connectivity index (χ2n) is 5.24. The number of rotatable bonds is 9. The van der Waals surface area contributed by atoms with Crippen LogP contribution in [0.3, 0.4) is 0 Å². The first-order valence-electron chi connectivity index (χ1n) is 7.78. The van der Waals surface area contributed by atoms with Crippen LogP contribution in [0.2, 0.25) is 0 Å². The van der Waals surface area contributed by atoms with Gasteiger partial charge in [0.15, 0.2) is 10.8 Å². The number of hydrogen-bond acceptors (Lipinski definition) is 4. The van der Waals surface area contributed by atoms with Gasteiger partial charge in [-0.05, 0) is 18.9 Å². The number of carbonyl (C=O) groups is 1. The first kappa shape index (κ1) is 16.5. The maximum absolute atomic E-state index is 10.9. The lowest BCUT2D eigenvalue weighted by Crippen LogP contribution is -2.26. The van der Waals surface area contributed by atoms with Crippen molar-refractivity contribution in [3.63, 3.8) is 0 Å². The van der Waals surface area contributed by atoms with E-state index in [1.54, 1.807) is 17.4 Å². The summed E-state index contributed by atoms with van der Waals surface area (Å²) in [5.74, 6) is -0.0453. The number of aliphatic carboxylic acids is 1. The summed E-state index contributed by atoms with van der Waals surface area (Å²) < 4.78 is 1.96. The van der Waals surface area contributed by atoms with E-state index in [9.17, 15) is 4.79 Å². The molecule has 120 valence electrons. The summed E-state index contributed by atoms with van der Waals surface area (Å²) in [5.41, 5.74) is 0.853. The third-order valence-corrected chi connectivity index (χ3v) is 4.28. The van der Waals surface area contributed by atoms with E-state index in [1.807, 2.05) is 16.0 Å². The van der Waals surface area contributed by atoms with Gasteiger partial charge in [-0.25, -0.2) is 9.78 Å². The quantitative estimate of drug-likeness (QED) is 0.712. The Morgan fingerprint density at radius 2 is 2.05 bits per heavy atom. The van der Waals surface area contributed by atoms with E-state index in [2.05, 4.69) is 18.7 Å². The summed E-state index contributed by atoms with van der Waals surface area (Å²) in [7, 11) is 0. The molecule has 5 nitrogen and oxygen atoms in total. The largest absolute Gasteiger partial charge is 0.478 e. The van der Waals surface area contributed by atoms with Gasteiger partial charge in [-0.15, -0.1) is 11.3 Å². The van der Waals surface area contributed by atoms with Crippen LogP contribution >= 0.6 is 11.3 Å². The molecule has 6 heteroatoms. The van der Waals surface area contributed by atoms with Gasteiger partial charge < -0.3 is 10.0 Å². The van der Waals surface area contributed by atoms with E-state index >= 15 is 0 Å². The number of thiazole rings is 1. The minimum Gasteiger partial charge on any atom is -0.478 e. The molecule has 0 fully saturated rings. The molecule has 0 aliphatic rings. The van der Waals surface area contributed by atoms with Gasteiger partial charge in [-0.3, -0.25) is 4.40 Å². The smallest absolute Gasteiger partial charge is 0.328 e. The van der Waals surface area contributed by atoms with Crippen LogP contribution in [0.15, 0.2) is 17.7 Å². The van der Waals surface area contributed by atoms with E-state index in [4.69, 9.17) is 10.1 Å². The summed E-state index contributed by atoms with van der Waals surface area (Å²) in [6.07, 6.45) is 9.25.